The van der Waals surface area contributed by atoms with Gasteiger partial charge in [0.1, 0.15) is 0 Å². The highest BCUT2D eigenvalue weighted by atomic mass is 15.3. The van der Waals surface area contributed by atoms with Crippen molar-refractivity contribution in [2.24, 2.45) is 0 Å². The van der Waals surface area contributed by atoms with E-state index in [2.05, 4.69) is 57.7 Å². The molecule has 2 aromatic heterocycles. The summed E-state index contributed by atoms with van der Waals surface area (Å²) in [5, 5.41) is 3.30. The lowest BCUT2D eigenvalue weighted by molar-refractivity contribution is 0.613. The number of para-hydroxylation sites is 1. The predicted octanol–water partition coefficient (Wildman–Crippen LogP) is 4.00. The Kier molecular flexibility index (Phi) is 4.64. The van der Waals surface area contributed by atoms with Crippen LogP contribution in [0.2, 0.25) is 0 Å². The Balaban J connectivity index is 2.14. The summed E-state index contributed by atoms with van der Waals surface area (Å²) in [6.07, 6.45) is 2.87. The van der Waals surface area contributed by atoms with Crippen LogP contribution in [-0.4, -0.2) is 33.1 Å². The summed E-state index contributed by atoms with van der Waals surface area (Å²) in [6.45, 7) is 7.22. The van der Waals surface area contributed by atoms with Gasteiger partial charge < -0.3 is 14.8 Å². The number of aromatic nitrogens is 4. The highest BCUT2D eigenvalue weighted by Crippen LogP contribution is 2.29. The van der Waals surface area contributed by atoms with Crippen molar-refractivity contribution in [1.82, 2.24) is 19.5 Å². The third-order valence-corrected chi connectivity index (χ3v) is 3.95. The summed E-state index contributed by atoms with van der Waals surface area (Å²) in [5.41, 5.74) is 2.74. The highest BCUT2D eigenvalue weighted by Gasteiger charge is 2.18. The first-order valence-electron chi connectivity index (χ1n) is 8.39. The van der Waals surface area contributed by atoms with E-state index in [4.69, 9.17) is 4.98 Å². The van der Waals surface area contributed by atoms with Gasteiger partial charge in [0.05, 0.1) is 6.33 Å². The minimum absolute atomic E-state index is 0.291. The second kappa shape index (κ2) is 6.86. The quantitative estimate of drug-likeness (QED) is 0.743. The number of nitrogens with zero attached hydrogens (tertiary/aromatic N) is 5. The molecule has 0 radical (unpaired) electrons. The Morgan fingerprint density at radius 2 is 1.92 bits per heavy atom. The monoisotopic (exact) mass is 324 g/mol. The lowest BCUT2D eigenvalue weighted by Gasteiger charge is -2.19. The number of hydrogen-bond donors (Lipinski definition) is 1. The van der Waals surface area contributed by atoms with Gasteiger partial charge in [-0.25, -0.2) is 4.98 Å². The van der Waals surface area contributed by atoms with Gasteiger partial charge in [0, 0.05) is 25.3 Å². The molecule has 0 aliphatic carbocycles. The fourth-order valence-electron chi connectivity index (χ4n) is 2.60. The van der Waals surface area contributed by atoms with Gasteiger partial charge in [0.25, 0.3) is 0 Å². The van der Waals surface area contributed by atoms with Crippen molar-refractivity contribution in [3.8, 4) is 0 Å². The second-order valence-corrected chi connectivity index (χ2v) is 6.11. The highest BCUT2D eigenvalue weighted by molar-refractivity contribution is 5.87. The lowest BCUT2D eigenvalue weighted by atomic mass is 10.3. The zero-order valence-corrected chi connectivity index (χ0v) is 14.7. The minimum atomic E-state index is 0.291. The van der Waals surface area contributed by atoms with Crippen molar-refractivity contribution in [1.29, 1.82) is 0 Å². The van der Waals surface area contributed by atoms with E-state index in [1.54, 1.807) is 0 Å². The van der Waals surface area contributed by atoms with Crippen LogP contribution in [0.5, 0.6) is 0 Å². The summed E-state index contributed by atoms with van der Waals surface area (Å²) < 4.78 is 2.08. The molecule has 0 saturated heterocycles. The third kappa shape index (κ3) is 3.04. The van der Waals surface area contributed by atoms with E-state index < -0.39 is 0 Å². The van der Waals surface area contributed by atoms with E-state index in [9.17, 15) is 0 Å². The van der Waals surface area contributed by atoms with Crippen LogP contribution in [0.15, 0.2) is 36.7 Å². The Hall–Kier alpha value is -2.63. The minimum Gasteiger partial charge on any atom is -0.354 e. The van der Waals surface area contributed by atoms with E-state index in [1.165, 1.54) is 0 Å². The van der Waals surface area contributed by atoms with Gasteiger partial charge in [-0.05, 0) is 32.4 Å². The standard InChI is InChI=1S/C18H24N6/c1-5-11-19-18-21-16(23(4)14-9-7-6-8-10-14)15-17(22-18)24(12-20-15)13(2)3/h6-10,12-13H,5,11H2,1-4H3,(H,19,21,22). The molecule has 0 spiro atoms. The zero-order chi connectivity index (χ0) is 17.1. The van der Waals surface area contributed by atoms with Crippen molar-refractivity contribution >= 4 is 28.6 Å². The molecule has 126 valence electrons. The molecule has 0 aliphatic rings. The van der Waals surface area contributed by atoms with Crippen LogP contribution in [0, 0.1) is 0 Å². The molecule has 6 heteroatoms. The van der Waals surface area contributed by atoms with Crippen molar-refractivity contribution in [3.05, 3.63) is 36.7 Å². The molecular formula is C18H24N6. The van der Waals surface area contributed by atoms with Crippen LogP contribution >= 0.6 is 0 Å². The van der Waals surface area contributed by atoms with Gasteiger partial charge >= 0.3 is 0 Å². The lowest BCUT2D eigenvalue weighted by Crippen LogP contribution is -2.15. The molecule has 0 amide bonds. The Morgan fingerprint density at radius 3 is 2.58 bits per heavy atom. The SMILES string of the molecule is CCCNc1nc(N(C)c2ccccc2)c2ncn(C(C)C)c2n1. The Morgan fingerprint density at radius 1 is 1.17 bits per heavy atom. The number of nitrogens with one attached hydrogen (secondary N) is 1. The number of anilines is 3. The molecule has 2 heterocycles. The van der Waals surface area contributed by atoms with Gasteiger partial charge in [0.2, 0.25) is 5.95 Å². The molecule has 0 aliphatic heterocycles. The van der Waals surface area contributed by atoms with Gasteiger partial charge in [-0.1, -0.05) is 25.1 Å². The molecule has 0 unspecified atom stereocenters. The van der Waals surface area contributed by atoms with E-state index in [1.807, 2.05) is 31.6 Å². The van der Waals surface area contributed by atoms with Crippen molar-refractivity contribution in [2.45, 2.75) is 33.2 Å². The first-order valence-corrected chi connectivity index (χ1v) is 8.39. The third-order valence-electron chi connectivity index (χ3n) is 3.95. The number of hydrogen-bond acceptors (Lipinski definition) is 5. The van der Waals surface area contributed by atoms with Crippen LogP contribution < -0.4 is 10.2 Å². The first kappa shape index (κ1) is 16.2. The number of fused-ring (bicyclic) bond motifs is 1. The van der Waals surface area contributed by atoms with E-state index in [-0.39, 0.29) is 0 Å². The molecule has 0 atom stereocenters. The fourth-order valence-corrected chi connectivity index (χ4v) is 2.60. The van der Waals surface area contributed by atoms with Crippen LogP contribution in [0.25, 0.3) is 11.2 Å². The topological polar surface area (TPSA) is 58.9 Å². The normalized spacial score (nSPS) is 11.2. The average molecular weight is 324 g/mol. The number of rotatable bonds is 6. The molecule has 0 bridgehead atoms. The molecule has 0 saturated carbocycles. The molecule has 1 aromatic carbocycles. The summed E-state index contributed by atoms with van der Waals surface area (Å²) in [6, 6.07) is 10.5. The molecule has 0 fully saturated rings. The maximum atomic E-state index is 4.72. The second-order valence-electron chi connectivity index (χ2n) is 6.11. The van der Waals surface area contributed by atoms with Gasteiger partial charge in [-0.15, -0.1) is 0 Å². The van der Waals surface area contributed by atoms with Crippen LogP contribution in [0.3, 0.4) is 0 Å². The van der Waals surface area contributed by atoms with E-state index in [0.29, 0.717) is 12.0 Å². The van der Waals surface area contributed by atoms with Gasteiger partial charge in [-0.3, -0.25) is 0 Å². The predicted molar refractivity (Wildman–Crippen MR) is 99.0 cm³/mol. The number of benzene rings is 1. The summed E-state index contributed by atoms with van der Waals surface area (Å²) in [7, 11) is 2.01. The van der Waals surface area contributed by atoms with Crippen molar-refractivity contribution in [2.75, 3.05) is 23.8 Å². The summed E-state index contributed by atoms with van der Waals surface area (Å²) in [5.74, 6) is 1.45. The maximum absolute atomic E-state index is 4.72. The molecule has 1 N–H and O–H groups in total. The Bertz CT molecular complexity index is 809. The van der Waals surface area contributed by atoms with Gasteiger partial charge in [0.15, 0.2) is 17.0 Å². The summed E-state index contributed by atoms with van der Waals surface area (Å²) in [4.78, 5) is 16.0. The fraction of sp³-hybridized carbons (Fsp3) is 0.389. The summed E-state index contributed by atoms with van der Waals surface area (Å²) >= 11 is 0. The largest absolute Gasteiger partial charge is 0.354 e. The van der Waals surface area contributed by atoms with Crippen LogP contribution in [-0.2, 0) is 0 Å². The molecule has 3 aromatic rings. The average Bonchev–Trinajstić information content (AvgIpc) is 3.03. The van der Waals surface area contributed by atoms with E-state index >= 15 is 0 Å². The Labute approximate surface area is 142 Å². The van der Waals surface area contributed by atoms with Crippen molar-refractivity contribution < 1.29 is 0 Å². The van der Waals surface area contributed by atoms with Crippen LogP contribution in [0.1, 0.15) is 33.2 Å². The molecule has 3 rings (SSSR count). The first-order chi connectivity index (χ1) is 11.6. The van der Waals surface area contributed by atoms with Crippen molar-refractivity contribution in [3.63, 3.8) is 0 Å². The zero-order valence-electron chi connectivity index (χ0n) is 14.7. The van der Waals surface area contributed by atoms with Gasteiger partial charge in [-0.2, -0.15) is 9.97 Å². The maximum Gasteiger partial charge on any atom is 0.226 e. The molecular weight excluding hydrogens is 300 g/mol. The van der Waals surface area contributed by atoms with Crippen LogP contribution in [0.4, 0.5) is 17.5 Å². The molecule has 24 heavy (non-hydrogen) atoms. The molecule has 6 nitrogen and oxygen atoms in total. The number of imidazole rings is 1. The van der Waals surface area contributed by atoms with E-state index in [0.717, 1.165) is 35.6 Å². The smallest absolute Gasteiger partial charge is 0.226 e.